The predicted molar refractivity (Wildman–Crippen MR) is 173 cm³/mol. The Balaban J connectivity index is 1.18. The molecule has 5 aromatic carbocycles. The van der Waals surface area contributed by atoms with Crippen LogP contribution in [-0.4, -0.2) is 39.0 Å². The molecular formula is C36H22N8. The molecule has 0 N–H and O–H groups in total. The molecule has 9 aromatic rings. The van der Waals surface area contributed by atoms with Crippen LogP contribution < -0.4 is 0 Å². The Hall–Kier alpha value is -6.28. The molecule has 44 heavy (non-hydrogen) atoms. The molecule has 4 aromatic heterocycles. The van der Waals surface area contributed by atoms with E-state index < -0.39 is 0 Å². The Bertz CT molecular complexity index is 2330. The van der Waals surface area contributed by atoms with Gasteiger partial charge in [-0.3, -0.25) is 9.13 Å². The number of para-hydroxylation sites is 2. The Morgan fingerprint density at radius 1 is 0.341 bits per heavy atom. The molecule has 0 fully saturated rings. The van der Waals surface area contributed by atoms with E-state index >= 15 is 0 Å². The highest BCUT2D eigenvalue weighted by Crippen LogP contribution is 2.37. The van der Waals surface area contributed by atoms with E-state index in [1.54, 1.807) is 0 Å². The third kappa shape index (κ3) is 3.71. The highest BCUT2D eigenvalue weighted by molar-refractivity contribution is 6.11. The molecule has 0 radical (unpaired) electrons. The van der Waals surface area contributed by atoms with Gasteiger partial charge in [-0.15, -0.1) is 0 Å². The number of aromatic nitrogens is 8. The molecule has 0 bridgehead atoms. The van der Waals surface area contributed by atoms with Gasteiger partial charge < -0.3 is 0 Å². The van der Waals surface area contributed by atoms with Crippen LogP contribution in [0.3, 0.4) is 0 Å². The summed E-state index contributed by atoms with van der Waals surface area (Å²) in [6.07, 6.45) is 6.13. The van der Waals surface area contributed by atoms with Crippen LogP contribution in [0.4, 0.5) is 0 Å². The summed E-state index contributed by atoms with van der Waals surface area (Å²) in [5.74, 6) is 1.21. The van der Waals surface area contributed by atoms with E-state index in [0.29, 0.717) is 11.9 Å². The van der Waals surface area contributed by atoms with Crippen molar-refractivity contribution in [3.05, 3.63) is 135 Å². The van der Waals surface area contributed by atoms with Gasteiger partial charge in [0.1, 0.15) is 25.3 Å². The van der Waals surface area contributed by atoms with E-state index in [4.69, 9.17) is 0 Å². The van der Waals surface area contributed by atoms with Gasteiger partial charge >= 0.3 is 0 Å². The average molecular weight is 567 g/mol. The predicted octanol–water partition coefficient (Wildman–Crippen LogP) is 7.58. The maximum absolute atomic E-state index is 4.44. The van der Waals surface area contributed by atoms with Crippen LogP contribution in [0.1, 0.15) is 0 Å². The van der Waals surface area contributed by atoms with Crippen molar-refractivity contribution in [1.82, 2.24) is 39.0 Å². The second-order valence-corrected chi connectivity index (χ2v) is 10.6. The minimum absolute atomic E-state index is 0.605. The molecule has 206 valence electrons. The molecule has 0 aliphatic rings. The number of hydrogen-bond acceptors (Lipinski definition) is 6. The number of nitrogens with zero attached hydrogens (tertiary/aromatic N) is 8. The summed E-state index contributed by atoms with van der Waals surface area (Å²) in [6, 6.07) is 38.6. The van der Waals surface area contributed by atoms with Crippen LogP contribution in [-0.2, 0) is 0 Å². The highest BCUT2D eigenvalue weighted by Gasteiger charge is 2.16. The fourth-order valence-electron chi connectivity index (χ4n) is 6.31. The van der Waals surface area contributed by atoms with Crippen LogP contribution in [0.2, 0.25) is 0 Å². The van der Waals surface area contributed by atoms with Gasteiger partial charge in [-0.05, 0) is 64.7 Å². The molecule has 8 heteroatoms. The fraction of sp³-hybridized carbons (Fsp3) is 0. The summed E-state index contributed by atoms with van der Waals surface area (Å²) in [5, 5.41) is 4.61. The quantitative estimate of drug-likeness (QED) is 0.218. The van der Waals surface area contributed by atoms with Crippen molar-refractivity contribution < 1.29 is 0 Å². The molecular weight excluding hydrogens is 544 g/mol. The molecule has 0 amide bonds. The van der Waals surface area contributed by atoms with E-state index in [1.807, 2.05) is 12.1 Å². The molecule has 0 atom stereocenters. The summed E-state index contributed by atoms with van der Waals surface area (Å²) in [7, 11) is 0. The van der Waals surface area contributed by atoms with Crippen molar-refractivity contribution in [1.29, 1.82) is 0 Å². The summed E-state index contributed by atoms with van der Waals surface area (Å²) in [6.45, 7) is 0. The van der Waals surface area contributed by atoms with Gasteiger partial charge in [-0.1, -0.05) is 66.7 Å². The van der Waals surface area contributed by atoms with Gasteiger partial charge in [0, 0.05) is 21.5 Å². The van der Waals surface area contributed by atoms with Crippen LogP contribution >= 0.6 is 0 Å². The van der Waals surface area contributed by atoms with Crippen LogP contribution in [0, 0.1) is 0 Å². The Morgan fingerprint density at radius 2 is 0.750 bits per heavy atom. The molecule has 9 rings (SSSR count). The van der Waals surface area contributed by atoms with E-state index in [9.17, 15) is 0 Å². The lowest BCUT2D eigenvalue weighted by molar-refractivity contribution is 0.939. The summed E-state index contributed by atoms with van der Waals surface area (Å²) >= 11 is 0. The zero-order chi connectivity index (χ0) is 29.0. The molecule has 0 spiro atoms. The maximum Gasteiger partial charge on any atom is 0.237 e. The van der Waals surface area contributed by atoms with Gasteiger partial charge in [0.2, 0.25) is 11.9 Å². The van der Waals surface area contributed by atoms with E-state index in [1.165, 1.54) is 25.3 Å². The highest BCUT2D eigenvalue weighted by atomic mass is 15.2. The van der Waals surface area contributed by atoms with Crippen LogP contribution in [0.25, 0.3) is 77.8 Å². The smallest absolute Gasteiger partial charge is 0.237 e. The van der Waals surface area contributed by atoms with Gasteiger partial charge in [0.25, 0.3) is 0 Å². The van der Waals surface area contributed by atoms with E-state index in [0.717, 1.165) is 65.9 Å². The first kappa shape index (κ1) is 24.3. The largest absolute Gasteiger partial charge is 0.278 e. The third-order valence-electron chi connectivity index (χ3n) is 8.23. The average Bonchev–Trinajstić information content (AvgIpc) is 3.61. The van der Waals surface area contributed by atoms with Gasteiger partial charge in [0.15, 0.2) is 0 Å². The normalized spacial score (nSPS) is 11.6. The first-order chi connectivity index (χ1) is 21.8. The van der Waals surface area contributed by atoms with E-state index in [2.05, 4.69) is 136 Å². The monoisotopic (exact) mass is 566 g/mol. The molecule has 0 unspecified atom stereocenters. The summed E-state index contributed by atoms with van der Waals surface area (Å²) in [5.41, 5.74) is 8.81. The molecule has 0 saturated heterocycles. The van der Waals surface area contributed by atoms with Crippen molar-refractivity contribution in [2.45, 2.75) is 0 Å². The number of fused-ring (bicyclic) bond motifs is 6. The Morgan fingerprint density at radius 3 is 1.23 bits per heavy atom. The number of hydrogen-bond donors (Lipinski definition) is 0. The zero-order valence-electron chi connectivity index (χ0n) is 23.3. The number of benzene rings is 5. The molecule has 0 saturated carbocycles. The second-order valence-electron chi connectivity index (χ2n) is 10.6. The van der Waals surface area contributed by atoms with Crippen molar-refractivity contribution in [3.8, 4) is 34.2 Å². The molecule has 8 nitrogen and oxygen atoms in total. The van der Waals surface area contributed by atoms with E-state index in [-0.39, 0.29) is 0 Å². The maximum atomic E-state index is 4.44. The number of rotatable bonds is 4. The van der Waals surface area contributed by atoms with Gasteiger partial charge in [-0.25, -0.2) is 29.9 Å². The SMILES string of the molecule is c1cc(-c2ccc3c(c2)c2ccccc2n3-c2ncncn2)cc(-c2ccc3c(c2)c2ccccc2n3-c2ncncn2)c1. The zero-order valence-corrected chi connectivity index (χ0v) is 23.3. The van der Waals surface area contributed by atoms with Crippen LogP contribution in [0.15, 0.2) is 135 Å². The Kier molecular flexibility index (Phi) is 5.33. The Labute approximate surface area is 251 Å². The van der Waals surface area contributed by atoms with Crippen molar-refractivity contribution in [3.63, 3.8) is 0 Å². The second kappa shape index (κ2) is 9.64. The molecule has 0 aliphatic carbocycles. The van der Waals surface area contributed by atoms with Gasteiger partial charge in [-0.2, -0.15) is 0 Å². The van der Waals surface area contributed by atoms with Crippen LogP contribution in [0.5, 0.6) is 0 Å². The lowest BCUT2D eigenvalue weighted by Gasteiger charge is -2.09. The topological polar surface area (TPSA) is 87.2 Å². The minimum atomic E-state index is 0.605. The summed E-state index contributed by atoms with van der Waals surface area (Å²) < 4.78 is 4.18. The lowest BCUT2D eigenvalue weighted by Crippen LogP contribution is -2.00. The van der Waals surface area contributed by atoms with Crippen molar-refractivity contribution >= 4 is 43.6 Å². The standard InChI is InChI=1S/C36H22N8/c1-3-10-31-27(8-1)29-17-25(12-14-33(29)43(31)35-39-19-37-20-40-35)23-6-5-7-24(16-23)26-13-15-34-30(18-26)28-9-2-4-11-32(28)44(34)36-41-21-38-22-42-36/h1-22H. The lowest BCUT2D eigenvalue weighted by atomic mass is 9.97. The molecule has 0 aliphatic heterocycles. The minimum Gasteiger partial charge on any atom is -0.278 e. The van der Waals surface area contributed by atoms with Crippen molar-refractivity contribution in [2.24, 2.45) is 0 Å². The van der Waals surface area contributed by atoms with Gasteiger partial charge in [0.05, 0.1) is 22.1 Å². The summed E-state index contributed by atoms with van der Waals surface area (Å²) in [4.78, 5) is 25.8. The first-order valence-corrected chi connectivity index (χ1v) is 14.3. The van der Waals surface area contributed by atoms with Crippen molar-refractivity contribution in [2.75, 3.05) is 0 Å². The third-order valence-corrected chi connectivity index (χ3v) is 8.23. The molecule has 4 heterocycles. The first-order valence-electron chi connectivity index (χ1n) is 14.3. The fourth-order valence-corrected chi connectivity index (χ4v) is 6.31.